The molecule has 3 nitrogen and oxygen atoms in total. The van der Waals surface area contributed by atoms with Gasteiger partial charge in [0.25, 0.3) is 0 Å². The molecule has 0 saturated heterocycles. The average molecular weight is 339 g/mol. The molecule has 0 aliphatic carbocycles. The molecule has 0 bridgehead atoms. The van der Waals surface area contributed by atoms with Crippen LogP contribution < -0.4 is 4.72 Å². The average Bonchev–Trinajstić information content (AvgIpc) is 2.59. The maximum atomic E-state index is 13.4. The first-order chi connectivity index (χ1) is 11.6. The molecule has 0 radical (unpaired) electrons. The number of nitrogens with one attached hydrogen (secondary N) is 1. The van der Waals surface area contributed by atoms with Gasteiger partial charge in [-0.25, -0.2) is 12.8 Å². The van der Waals surface area contributed by atoms with Crippen molar-refractivity contribution in [1.82, 2.24) is 4.72 Å². The van der Waals surface area contributed by atoms with E-state index in [0.717, 1.165) is 10.8 Å². The summed E-state index contributed by atoms with van der Waals surface area (Å²) in [5.41, 5.74) is 0.238. The number of hydrogen-bond acceptors (Lipinski definition) is 2. The smallest absolute Gasteiger partial charge is 0.207 e. The van der Waals surface area contributed by atoms with Crippen molar-refractivity contribution in [2.75, 3.05) is 6.54 Å². The lowest BCUT2D eigenvalue weighted by molar-refractivity contribution is 0.586. The first-order valence-corrected chi connectivity index (χ1v) is 8.76. The Morgan fingerprint density at radius 2 is 1.62 bits per heavy atom. The zero-order valence-electron chi connectivity index (χ0n) is 12.7. The van der Waals surface area contributed by atoms with Crippen LogP contribution >= 0.6 is 0 Å². The van der Waals surface area contributed by atoms with E-state index < -0.39 is 15.8 Å². The Hall–Kier alpha value is -2.68. The van der Waals surface area contributed by atoms with E-state index in [0.29, 0.717) is 0 Å². The fourth-order valence-electron chi connectivity index (χ4n) is 2.25. The van der Waals surface area contributed by atoms with Crippen molar-refractivity contribution in [2.45, 2.75) is 4.90 Å². The van der Waals surface area contributed by atoms with Crippen molar-refractivity contribution >= 4 is 20.8 Å². The van der Waals surface area contributed by atoms with Crippen molar-refractivity contribution in [3.8, 4) is 11.8 Å². The summed E-state index contributed by atoms with van der Waals surface area (Å²) >= 11 is 0. The van der Waals surface area contributed by atoms with Gasteiger partial charge in [0, 0.05) is 0 Å². The Bertz CT molecular complexity index is 1050. The molecule has 0 fully saturated rings. The van der Waals surface area contributed by atoms with Gasteiger partial charge in [0.05, 0.1) is 17.0 Å². The molecular formula is C19H14FNO2S. The first-order valence-electron chi connectivity index (χ1n) is 7.28. The topological polar surface area (TPSA) is 46.2 Å². The lowest BCUT2D eigenvalue weighted by Crippen LogP contribution is -2.24. The van der Waals surface area contributed by atoms with Gasteiger partial charge in [-0.05, 0) is 35.0 Å². The van der Waals surface area contributed by atoms with Gasteiger partial charge in [0.2, 0.25) is 10.0 Å². The second kappa shape index (κ2) is 6.83. The normalized spacial score (nSPS) is 11.0. The van der Waals surface area contributed by atoms with Crippen LogP contribution in [-0.2, 0) is 10.0 Å². The van der Waals surface area contributed by atoms with Crippen LogP contribution in [0.15, 0.2) is 71.6 Å². The molecule has 120 valence electrons. The number of hydrogen-bond donors (Lipinski definition) is 1. The molecular weight excluding hydrogens is 325 g/mol. The van der Waals surface area contributed by atoms with Gasteiger partial charge < -0.3 is 0 Å². The molecule has 1 N–H and O–H groups in total. The molecule has 0 saturated carbocycles. The van der Waals surface area contributed by atoms with Crippen LogP contribution in [0.1, 0.15) is 5.56 Å². The van der Waals surface area contributed by atoms with E-state index in [9.17, 15) is 12.8 Å². The minimum atomic E-state index is -3.66. The van der Waals surface area contributed by atoms with E-state index in [1.165, 1.54) is 6.07 Å². The zero-order valence-corrected chi connectivity index (χ0v) is 13.5. The molecule has 0 unspecified atom stereocenters. The highest BCUT2D eigenvalue weighted by atomic mass is 32.2. The lowest BCUT2D eigenvalue weighted by atomic mass is 10.1. The molecule has 0 amide bonds. The van der Waals surface area contributed by atoms with Crippen molar-refractivity contribution in [1.29, 1.82) is 0 Å². The van der Waals surface area contributed by atoms with Crippen LogP contribution in [0, 0.1) is 17.7 Å². The van der Waals surface area contributed by atoms with Gasteiger partial charge >= 0.3 is 0 Å². The number of rotatable bonds is 3. The van der Waals surface area contributed by atoms with Crippen LogP contribution in [0.5, 0.6) is 0 Å². The minimum absolute atomic E-state index is 0.0938. The van der Waals surface area contributed by atoms with Crippen LogP contribution in [-0.4, -0.2) is 15.0 Å². The molecule has 3 aromatic rings. The van der Waals surface area contributed by atoms with E-state index >= 15 is 0 Å². The summed E-state index contributed by atoms with van der Waals surface area (Å²) in [5, 5.41) is 1.81. The number of fused-ring (bicyclic) bond motifs is 1. The Morgan fingerprint density at radius 3 is 2.42 bits per heavy atom. The third-order valence-electron chi connectivity index (χ3n) is 3.48. The fourth-order valence-corrected chi connectivity index (χ4v) is 3.21. The molecule has 0 aliphatic heterocycles. The van der Waals surface area contributed by atoms with Crippen LogP contribution in [0.2, 0.25) is 0 Å². The molecule has 5 heteroatoms. The quantitative estimate of drug-likeness (QED) is 0.744. The van der Waals surface area contributed by atoms with Crippen molar-refractivity contribution < 1.29 is 12.8 Å². The Labute approximate surface area is 140 Å². The van der Waals surface area contributed by atoms with Crippen molar-refractivity contribution in [3.05, 3.63) is 78.1 Å². The highest BCUT2D eigenvalue weighted by Crippen LogP contribution is 2.18. The van der Waals surface area contributed by atoms with Crippen LogP contribution in [0.4, 0.5) is 4.39 Å². The third kappa shape index (κ3) is 3.62. The summed E-state index contributed by atoms with van der Waals surface area (Å²) in [6.45, 7) is -0.0938. The fraction of sp³-hybridized carbons (Fsp3) is 0.0526. The third-order valence-corrected chi connectivity index (χ3v) is 4.88. The number of halogens is 1. The zero-order chi connectivity index (χ0) is 17.0. The highest BCUT2D eigenvalue weighted by molar-refractivity contribution is 7.89. The number of benzene rings is 3. The molecule has 0 aromatic heterocycles. The van der Waals surface area contributed by atoms with Crippen LogP contribution in [0.3, 0.4) is 0 Å². The van der Waals surface area contributed by atoms with E-state index in [1.54, 1.807) is 36.4 Å². The van der Waals surface area contributed by atoms with E-state index in [1.807, 2.05) is 24.3 Å². The van der Waals surface area contributed by atoms with E-state index in [-0.39, 0.29) is 17.0 Å². The summed E-state index contributed by atoms with van der Waals surface area (Å²) in [6, 6.07) is 18.5. The second-order valence-corrected chi connectivity index (χ2v) is 6.88. The van der Waals surface area contributed by atoms with Crippen molar-refractivity contribution in [2.24, 2.45) is 0 Å². The summed E-state index contributed by atoms with van der Waals surface area (Å²) in [6.07, 6.45) is 0. The summed E-state index contributed by atoms with van der Waals surface area (Å²) in [4.78, 5) is 0.175. The monoisotopic (exact) mass is 339 g/mol. The molecule has 0 aliphatic rings. The molecule has 0 spiro atoms. The van der Waals surface area contributed by atoms with Gasteiger partial charge in [-0.3, -0.25) is 0 Å². The predicted octanol–water partition coefficient (Wildman–Crippen LogP) is 3.31. The minimum Gasteiger partial charge on any atom is -0.207 e. The van der Waals surface area contributed by atoms with Gasteiger partial charge in [0.1, 0.15) is 5.82 Å². The molecule has 0 atom stereocenters. The molecule has 0 heterocycles. The van der Waals surface area contributed by atoms with Gasteiger partial charge in [0.15, 0.2) is 0 Å². The standard InChI is InChI=1S/C19H14FNO2S/c20-19-10-4-3-7-16(19)9-5-13-21-24(22,23)18-12-11-15-6-1-2-8-17(15)14-18/h1-4,6-8,10-12,14,21H,13H2. The van der Waals surface area contributed by atoms with Gasteiger partial charge in [-0.15, -0.1) is 0 Å². The Morgan fingerprint density at radius 1 is 0.917 bits per heavy atom. The SMILES string of the molecule is O=S(=O)(NCC#Cc1ccccc1F)c1ccc2ccccc2c1. The summed E-state index contributed by atoms with van der Waals surface area (Å²) in [7, 11) is -3.66. The predicted molar refractivity (Wildman–Crippen MR) is 92.4 cm³/mol. The van der Waals surface area contributed by atoms with Crippen molar-refractivity contribution in [3.63, 3.8) is 0 Å². The van der Waals surface area contributed by atoms with Gasteiger partial charge in [-0.1, -0.05) is 54.3 Å². The largest absolute Gasteiger partial charge is 0.241 e. The van der Waals surface area contributed by atoms with Gasteiger partial charge in [-0.2, -0.15) is 4.72 Å². The van der Waals surface area contributed by atoms with E-state index in [4.69, 9.17) is 0 Å². The van der Waals surface area contributed by atoms with Crippen LogP contribution in [0.25, 0.3) is 10.8 Å². The molecule has 24 heavy (non-hydrogen) atoms. The second-order valence-electron chi connectivity index (χ2n) is 5.12. The highest BCUT2D eigenvalue weighted by Gasteiger charge is 2.13. The first kappa shape index (κ1) is 16.2. The Kier molecular flexibility index (Phi) is 4.61. The molecule has 3 aromatic carbocycles. The molecule has 3 rings (SSSR count). The lowest BCUT2D eigenvalue weighted by Gasteiger charge is -2.05. The number of sulfonamides is 1. The Balaban J connectivity index is 1.75. The summed E-state index contributed by atoms with van der Waals surface area (Å²) in [5.74, 6) is 4.81. The summed E-state index contributed by atoms with van der Waals surface area (Å²) < 4.78 is 40.4. The maximum absolute atomic E-state index is 13.4. The maximum Gasteiger partial charge on any atom is 0.241 e. The van der Waals surface area contributed by atoms with E-state index in [2.05, 4.69) is 16.6 Å².